The van der Waals surface area contributed by atoms with Gasteiger partial charge in [-0.2, -0.15) is 0 Å². The van der Waals surface area contributed by atoms with Crippen molar-refractivity contribution in [1.82, 2.24) is 0 Å². The highest BCUT2D eigenvalue weighted by atomic mass is 16.3. The van der Waals surface area contributed by atoms with E-state index in [0.29, 0.717) is 12.0 Å². The van der Waals surface area contributed by atoms with Crippen molar-refractivity contribution in [3.8, 4) is 0 Å². The second-order valence-corrected chi connectivity index (χ2v) is 4.11. The third-order valence-corrected chi connectivity index (χ3v) is 2.86. The molecule has 74 valence electrons. The van der Waals surface area contributed by atoms with Crippen LogP contribution >= 0.6 is 0 Å². The summed E-state index contributed by atoms with van der Waals surface area (Å²) in [7, 11) is 0. The molecule has 0 saturated carbocycles. The number of hydrogen-bond donors (Lipinski definition) is 1. The highest BCUT2D eigenvalue weighted by Gasteiger charge is 2.29. The molecule has 1 aromatic carbocycles. The Morgan fingerprint density at radius 3 is 2.86 bits per heavy atom. The van der Waals surface area contributed by atoms with Gasteiger partial charge < -0.3 is 5.11 Å². The number of carbonyl (C=O) groups is 1. The minimum absolute atomic E-state index is 0.0562. The van der Waals surface area contributed by atoms with Gasteiger partial charge in [0.15, 0.2) is 5.78 Å². The monoisotopic (exact) mass is 190 g/mol. The number of hydrogen-bond acceptors (Lipinski definition) is 2. The van der Waals surface area contributed by atoms with Crippen molar-refractivity contribution in [2.45, 2.75) is 26.4 Å². The molecule has 0 amide bonds. The highest BCUT2D eigenvalue weighted by Crippen LogP contribution is 2.33. The van der Waals surface area contributed by atoms with Crippen LogP contribution in [-0.2, 0) is 0 Å². The molecule has 14 heavy (non-hydrogen) atoms. The minimum atomic E-state index is -0.474. The Morgan fingerprint density at radius 1 is 1.43 bits per heavy atom. The number of benzene rings is 1. The van der Waals surface area contributed by atoms with Crippen LogP contribution < -0.4 is 0 Å². The van der Waals surface area contributed by atoms with Gasteiger partial charge in [-0.1, -0.05) is 24.6 Å². The predicted molar refractivity (Wildman–Crippen MR) is 54.3 cm³/mol. The molecular formula is C12H14O2. The summed E-state index contributed by atoms with van der Waals surface area (Å²) in [5.41, 5.74) is 2.56. The number of carbonyl (C=O) groups excluding carboxylic acids is 1. The minimum Gasteiger partial charge on any atom is -0.388 e. The quantitative estimate of drug-likeness (QED) is 0.681. The Bertz CT molecular complexity index is 382. The van der Waals surface area contributed by atoms with E-state index in [1.165, 1.54) is 0 Å². The van der Waals surface area contributed by atoms with E-state index in [2.05, 4.69) is 0 Å². The van der Waals surface area contributed by atoms with Crippen molar-refractivity contribution in [3.05, 3.63) is 34.9 Å². The van der Waals surface area contributed by atoms with Crippen LogP contribution in [-0.4, -0.2) is 10.9 Å². The smallest absolute Gasteiger partial charge is 0.166 e. The maximum Gasteiger partial charge on any atom is 0.166 e. The number of fused-ring (bicyclic) bond motifs is 1. The van der Waals surface area contributed by atoms with Crippen LogP contribution in [0.1, 0.15) is 40.9 Å². The van der Waals surface area contributed by atoms with E-state index in [1.54, 1.807) is 0 Å². The second kappa shape index (κ2) is 3.21. The molecule has 0 heterocycles. The molecule has 0 aromatic heterocycles. The summed E-state index contributed by atoms with van der Waals surface area (Å²) >= 11 is 0. The van der Waals surface area contributed by atoms with Gasteiger partial charge in [0.2, 0.25) is 0 Å². The first-order valence-corrected chi connectivity index (χ1v) is 4.92. The van der Waals surface area contributed by atoms with Crippen molar-refractivity contribution in [2.24, 2.45) is 5.92 Å². The fourth-order valence-electron chi connectivity index (χ4n) is 2.01. The number of aliphatic hydroxyl groups excluding tert-OH is 1. The van der Waals surface area contributed by atoms with Gasteiger partial charge in [0.05, 0.1) is 6.10 Å². The molecule has 2 heteroatoms. The van der Waals surface area contributed by atoms with Gasteiger partial charge in [-0.25, -0.2) is 0 Å². The predicted octanol–water partition coefficient (Wildman–Crippen LogP) is 2.25. The van der Waals surface area contributed by atoms with Crippen molar-refractivity contribution in [1.29, 1.82) is 0 Å². The normalized spacial score (nSPS) is 26.1. The molecule has 0 saturated heterocycles. The zero-order valence-corrected chi connectivity index (χ0v) is 8.45. The molecule has 2 nitrogen and oxygen atoms in total. The summed E-state index contributed by atoms with van der Waals surface area (Å²) in [6.45, 7) is 3.83. The Hall–Kier alpha value is -1.15. The second-order valence-electron chi connectivity index (χ2n) is 4.11. The fraction of sp³-hybridized carbons (Fsp3) is 0.417. The Labute approximate surface area is 83.6 Å². The topological polar surface area (TPSA) is 37.3 Å². The van der Waals surface area contributed by atoms with Gasteiger partial charge in [-0.3, -0.25) is 4.79 Å². The van der Waals surface area contributed by atoms with E-state index in [4.69, 9.17) is 0 Å². The first kappa shape index (κ1) is 9.41. The lowest BCUT2D eigenvalue weighted by Gasteiger charge is -2.25. The average Bonchev–Trinajstić information content (AvgIpc) is 2.14. The van der Waals surface area contributed by atoms with E-state index in [1.807, 2.05) is 32.0 Å². The largest absolute Gasteiger partial charge is 0.388 e. The molecule has 1 N–H and O–H groups in total. The summed E-state index contributed by atoms with van der Waals surface area (Å²) < 4.78 is 0. The molecule has 0 radical (unpaired) electrons. The molecule has 0 unspecified atom stereocenters. The van der Waals surface area contributed by atoms with Crippen molar-refractivity contribution in [2.75, 3.05) is 0 Å². The fourth-order valence-corrected chi connectivity index (χ4v) is 2.01. The third kappa shape index (κ3) is 1.36. The van der Waals surface area contributed by atoms with Gasteiger partial charge in [0.1, 0.15) is 0 Å². The maximum absolute atomic E-state index is 11.8. The molecule has 1 aliphatic rings. The third-order valence-electron chi connectivity index (χ3n) is 2.86. The molecular weight excluding hydrogens is 176 g/mol. The molecule has 0 aliphatic heterocycles. The Morgan fingerprint density at radius 2 is 2.14 bits per heavy atom. The van der Waals surface area contributed by atoms with E-state index in [0.717, 1.165) is 11.1 Å². The Balaban J connectivity index is 2.56. The molecule has 1 aliphatic carbocycles. The van der Waals surface area contributed by atoms with Crippen LogP contribution in [0.2, 0.25) is 0 Å². The number of ketones is 1. The lowest BCUT2D eigenvalue weighted by Crippen LogP contribution is -2.23. The van der Waals surface area contributed by atoms with Gasteiger partial charge in [-0.05, 0) is 25.0 Å². The Kier molecular flexibility index (Phi) is 2.16. The van der Waals surface area contributed by atoms with E-state index in [-0.39, 0.29) is 11.7 Å². The lowest BCUT2D eigenvalue weighted by molar-refractivity contribution is 0.0795. The number of aryl methyl sites for hydroxylation is 1. The van der Waals surface area contributed by atoms with E-state index < -0.39 is 6.10 Å². The lowest BCUT2D eigenvalue weighted by atomic mass is 9.81. The summed E-state index contributed by atoms with van der Waals surface area (Å²) in [4.78, 5) is 11.8. The van der Waals surface area contributed by atoms with Crippen LogP contribution in [0, 0.1) is 12.8 Å². The van der Waals surface area contributed by atoms with Crippen LogP contribution in [0.3, 0.4) is 0 Å². The summed E-state index contributed by atoms with van der Waals surface area (Å²) in [5, 5.41) is 9.79. The van der Waals surface area contributed by atoms with Gasteiger partial charge in [0, 0.05) is 11.5 Å². The molecule has 2 atom stereocenters. The number of rotatable bonds is 0. The average molecular weight is 190 g/mol. The van der Waals surface area contributed by atoms with Crippen LogP contribution in [0.5, 0.6) is 0 Å². The van der Waals surface area contributed by atoms with E-state index in [9.17, 15) is 9.90 Å². The van der Waals surface area contributed by atoms with E-state index >= 15 is 0 Å². The maximum atomic E-state index is 11.8. The van der Waals surface area contributed by atoms with Crippen molar-refractivity contribution in [3.63, 3.8) is 0 Å². The number of aliphatic hydroxyl groups is 1. The van der Waals surface area contributed by atoms with Gasteiger partial charge in [0.25, 0.3) is 0 Å². The van der Waals surface area contributed by atoms with Crippen LogP contribution in [0.4, 0.5) is 0 Å². The molecule has 1 aromatic rings. The van der Waals surface area contributed by atoms with Crippen molar-refractivity contribution < 1.29 is 9.90 Å². The summed E-state index contributed by atoms with van der Waals surface area (Å²) in [6, 6.07) is 5.67. The first-order chi connectivity index (χ1) is 6.59. The summed E-state index contributed by atoms with van der Waals surface area (Å²) in [6.07, 6.45) is 0.0767. The molecule has 0 fully saturated rings. The van der Waals surface area contributed by atoms with Crippen molar-refractivity contribution >= 4 is 5.78 Å². The first-order valence-electron chi connectivity index (χ1n) is 4.92. The van der Waals surface area contributed by atoms with Crippen LogP contribution in [0.25, 0.3) is 0 Å². The SMILES string of the molecule is Cc1ccc2c(c1)C(=O)[C@H](C)C[C@H]2O. The molecule has 2 rings (SSSR count). The van der Waals surface area contributed by atoms with Crippen LogP contribution in [0.15, 0.2) is 18.2 Å². The molecule has 0 bridgehead atoms. The number of Topliss-reactive ketones (excluding diaryl/α,β-unsaturated/α-hetero) is 1. The standard InChI is InChI=1S/C12H14O2/c1-7-3-4-9-10(5-7)12(14)8(2)6-11(9)13/h3-5,8,11,13H,6H2,1-2H3/t8-,11-/m1/s1. The highest BCUT2D eigenvalue weighted by molar-refractivity contribution is 6.00. The van der Waals surface area contributed by atoms with Gasteiger partial charge in [-0.15, -0.1) is 0 Å². The zero-order valence-electron chi connectivity index (χ0n) is 8.45. The molecule has 0 spiro atoms. The van der Waals surface area contributed by atoms with Gasteiger partial charge >= 0.3 is 0 Å². The zero-order chi connectivity index (χ0) is 10.3. The summed E-state index contributed by atoms with van der Waals surface area (Å²) in [5.74, 6) is 0.105.